The van der Waals surface area contributed by atoms with Gasteiger partial charge in [-0.15, -0.1) is 0 Å². The molecule has 4 N–H and O–H groups in total. The summed E-state index contributed by atoms with van der Waals surface area (Å²) in [5, 5.41) is 8.27. The van der Waals surface area contributed by atoms with Gasteiger partial charge in [-0.2, -0.15) is 0 Å². The number of hydrogen-bond donors (Lipinski definition) is 4. The molecule has 0 saturated carbocycles. The van der Waals surface area contributed by atoms with E-state index < -0.39 is 18.1 Å². The molecule has 0 fully saturated rings. The first kappa shape index (κ1) is 10.5. The van der Waals surface area contributed by atoms with Gasteiger partial charge in [-0.25, -0.2) is 0 Å². The predicted molar refractivity (Wildman–Crippen MR) is 28.9 cm³/mol. The third-order valence-electron chi connectivity index (χ3n) is 0.848. The van der Waals surface area contributed by atoms with Crippen LogP contribution < -0.4 is 0 Å². The van der Waals surface area contributed by atoms with E-state index >= 15 is 0 Å². The summed E-state index contributed by atoms with van der Waals surface area (Å²) in [5.74, 6) is 0. The van der Waals surface area contributed by atoms with E-state index in [0.717, 1.165) is 0 Å². The van der Waals surface area contributed by atoms with Crippen molar-refractivity contribution in [2.24, 2.45) is 0 Å². The van der Waals surface area contributed by atoms with Gasteiger partial charge in [-0.1, -0.05) is 0 Å². The Kier molecular flexibility index (Phi) is 5.47. The fourth-order valence-corrected chi connectivity index (χ4v) is 1.08. The van der Waals surface area contributed by atoms with Crippen LogP contribution in [0.5, 0.6) is 0 Å². The second kappa shape index (κ2) is 5.20. The topological polar surface area (TPSA) is 90.2 Å². The molecule has 0 saturated heterocycles. The van der Waals surface area contributed by atoms with Crippen molar-refractivity contribution in [3.8, 4) is 0 Å². The van der Waals surface area contributed by atoms with Crippen LogP contribution in [0.15, 0.2) is 0 Å². The molecule has 0 amide bonds. The normalized spacial score (nSPS) is 12.0. The number of hydrogen-bond acceptors (Lipinski definition) is 5. The van der Waals surface area contributed by atoms with Gasteiger partial charge in [0.25, 0.3) is 0 Å². The van der Waals surface area contributed by atoms with E-state index in [4.69, 9.17) is 16.2 Å². The Balaban J connectivity index is 3.04. The summed E-state index contributed by atoms with van der Waals surface area (Å²) in [7, 11) is 0. The van der Waals surface area contributed by atoms with E-state index in [-0.39, 0.29) is 13.2 Å². The predicted octanol–water partition coefficient (Wildman–Crippen LogP) is -1.43. The third kappa shape index (κ3) is 8.51. The number of unbranched alkanes of at least 4 members (excludes halogenated alkanes) is 1. The molecule has 0 unspecified atom stereocenters. The van der Waals surface area contributed by atoms with E-state index in [9.17, 15) is 0 Å². The van der Waals surface area contributed by atoms with Gasteiger partial charge >= 0.3 is 63.7 Å². The molecule has 0 bridgehead atoms. The van der Waals surface area contributed by atoms with Crippen LogP contribution in [0.3, 0.4) is 0 Å². The van der Waals surface area contributed by atoms with Crippen molar-refractivity contribution in [2.75, 3.05) is 13.2 Å². The van der Waals surface area contributed by atoms with Crippen molar-refractivity contribution in [3.63, 3.8) is 0 Å². The first-order chi connectivity index (χ1) is 4.56. The van der Waals surface area contributed by atoms with Crippen LogP contribution in [0.1, 0.15) is 12.8 Å². The van der Waals surface area contributed by atoms with Gasteiger partial charge in [-0.3, -0.25) is 0 Å². The van der Waals surface area contributed by atoms with Crippen LogP contribution in [-0.4, -0.2) is 29.4 Å². The first-order valence-electron chi connectivity index (χ1n) is 2.98. The number of rotatable bonds is 5. The van der Waals surface area contributed by atoms with E-state index in [1.165, 1.54) is 0 Å². The zero-order valence-corrected chi connectivity index (χ0v) is 7.09. The molecule has 0 aliphatic carbocycles. The number of aliphatic hydroxyl groups is 1. The van der Waals surface area contributed by atoms with Crippen molar-refractivity contribution < 1.29 is 37.6 Å². The van der Waals surface area contributed by atoms with Gasteiger partial charge in [0.15, 0.2) is 0 Å². The summed E-state index contributed by atoms with van der Waals surface area (Å²) in [6.45, 7) is 0.135. The Labute approximate surface area is 64.1 Å². The van der Waals surface area contributed by atoms with E-state index in [2.05, 4.69) is 3.32 Å². The Bertz CT molecular complexity index is 80.2. The van der Waals surface area contributed by atoms with E-state index in [1.807, 2.05) is 0 Å². The third-order valence-corrected chi connectivity index (χ3v) is 1.77. The summed E-state index contributed by atoms with van der Waals surface area (Å²) >= 11 is -4.73. The van der Waals surface area contributed by atoms with Crippen molar-refractivity contribution in [3.05, 3.63) is 0 Å². The van der Waals surface area contributed by atoms with Gasteiger partial charge in [0.05, 0.1) is 0 Å². The van der Waals surface area contributed by atoms with Gasteiger partial charge in [0.1, 0.15) is 0 Å². The van der Waals surface area contributed by atoms with Gasteiger partial charge in [-0.05, 0) is 0 Å². The summed E-state index contributed by atoms with van der Waals surface area (Å²) in [4.78, 5) is 0. The maximum atomic E-state index is 8.33. The average Bonchev–Trinajstić information content (AvgIpc) is 1.78. The molecule has 0 radical (unpaired) electrons. The van der Waals surface area contributed by atoms with Crippen LogP contribution in [-0.2, 0) is 21.5 Å². The van der Waals surface area contributed by atoms with Gasteiger partial charge in [0, 0.05) is 0 Å². The molecular weight excluding hydrogens is 176 g/mol. The molecule has 0 rings (SSSR count). The Morgan fingerprint density at radius 2 is 1.70 bits per heavy atom. The summed E-state index contributed by atoms with van der Waals surface area (Å²) < 4.78 is 29.3. The summed E-state index contributed by atoms with van der Waals surface area (Å²) in [6.07, 6.45) is 1.06. The molecule has 0 aromatic heterocycles. The molecule has 10 heavy (non-hydrogen) atoms. The molecular formula is C4H12O5Ti. The van der Waals surface area contributed by atoms with Crippen LogP contribution in [0.2, 0.25) is 0 Å². The second-order valence-corrected chi connectivity index (χ2v) is 4.10. The molecule has 0 atom stereocenters. The molecule has 0 aromatic carbocycles. The Hall–Kier alpha value is 0.514. The van der Waals surface area contributed by atoms with E-state index in [1.54, 1.807) is 0 Å². The van der Waals surface area contributed by atoms with Crippen molar-refractivity contribution >= 4 is 0 Å². The first-order valence-corrected chi connectivity index (χ1v) is 5.71. The number of aliphatic hydroxyl groups excluding tert-OH is 1. The van der Waals surface area contributed by atoms with Gasteiger partial charge < -0.3 is 0 Å². The molecule has 0 heterocycles. The second-order valence-electron chi connectivity index (χ2n) is 1.85. The molecule has 0 spiro atoms. The monoisotopic (exact) mass is 188 g/mol. The molecule has 62 valence electrons. The molecule has 0 aromatic rings. The zero-order chi connectivity index (χ0) is 8.04. The standard InChI is InChI=1S/C4H9O2.3H2O.Ti/c5-3-1-2-4-6;;;;/h5H,1-4H2;3*1H2;/q-1;;;;+4/p-3. The van der Waals surface area contributed by atoms with Gasteiger partial charge in [0.2, 0.25) is 0 Å². The van der Waals surface area contributed by atoms with Crippen molar-refractivity contribution in [1.82, 2.24) is 0 Å². The molecule has 6 heteroatoms. The Morgan fingerprint density at radius 1 is 1.10 bits per heavy atom. The molecule has 0 aliphatic rings. The van der Waals surface area contributed by atoms with Crippen molar-refractivity contribution in [1.29, 1.82) is 0 Å². The average molecular weight is 188 g/mol. The maximum absolute atomic E-state index is 8.33. The summed E-state index contributed by atoms with van der Waals surface area (Å²) in [5.41, 5.74) is 0. The fraction of sp³-hybridized carbons (Fsp3) is 1.00. The SMILES string of the molecule is OCCCC[O][Ti]([OH])([OH])[OH]. The quantitative estimate of drug-likeness (QED) is 0.313. The summed E-state index contributed by atoms with van der Waals surface area (Å²) in [6, 6.07) is 0. The van der Waals surface area contributed by atoms with Crippen LogP contribution >= 0.6 is 0 Å². The Morgan fingerprint density at radius 3 is 2.10 bits per heavy atom. The van der Waals surface area contributed by atoms with Crippen LogP contribution in [0.25, 0.3) is 0 Å². The minimum absolute atomic E-state index is 0.0473. The van der Waals surface area contributed by atoms with Crippen LogP contribution in [0.4, 0.5) is 0 Å². The minimum atomic E-state index is -4.73. The molecule has 5 nitrogen and oxygen atoms in total. The van der Waals surface area contributed by atoms with E-state index in [0.29, 0.717) is 12.8 Å². The van der Waals surface area contributed by atoms with Crippen LogP contribution in [0, 0.1) is 0 Å². The van der Waals surface area contributed by atoms with Crippen molar-refractivity contribution in [2.45, 2.75) is 12.8 Å². The zero-order valence-electron chi connectivity index (χ0n) is 5.53. The fourth-order valence-electron chi connectivity index (χ4n) is 0.423. The molecule has 0 aliphatic heterocycles.